The Balaban J connectivity index is 2.57. The quantitative estimate of drug-likeness (QED) is 0.797. The Morgan fingerprint density at radius 3 is 2.50 bits per heavy atom. The first-order valence-corrected chi connectivity index (χ1v) is 6.26. The second kappa shape index (κ2) is 5.89. The third-order valence-corrected chi connectivity index (χ3v) is 3.59. The third-order valence-electron chi connectivity index (χ3n) is 3.59. The summed E-state index contributed by atoms with van der Waals surface area (Å²) in [6.07, 6.45) is 4.72. The van der Waals surface area contributed by atoms with Crippen LogP contribution in [0.3, 0.4) is 0 Å². The largest absolute Gasteiger partial charge is 0.352 e. The molecule has 90 valence electrons. The zero-order chi connectivity index (χ0) is 12.1. The van der Waals surface area contributed by atoms with Crippen molar-refractivity contribution < 1.29 is 4.79 Å². The number of hydrogen-bond donors (Lipinski definition) is 1. The number of hydrogen-bond acceptors (Lipinski definition) is 2. The molecule has 0 aromatic rings. The summed E-state index contributed by atoms with van der Waals surface area (Å²) in [5.41, 5.74) is 0. The van der Waals surface area contributed by atoms with Gasteiger partial charge in [0, 0.05) is 6.04 Å². The van der Waals surface area contributed by atoms with Crippen molar-refractivity contribution in [1.82, 2.24) is 5.32 Å². The fraction of sp³-hybridized carbons (Fsp3) is 0.846. The van der Waals surface area contributed by atoms with Crippen LogP contribution < -0.4 is 5.32 Å². The monoisotopic (exact) mass is 222 g/mol. The van der Waals surface area contributed by atoms with E-state index in [1.54, 1.807) is 6.92 Å². The van der Waals surface area contributed by atoms with E-state index in [0.717, 1.165) is 6.42 Å². The molecule has 0 aromatic carbocycles. The number of carbonyl (C=O) groups excluding carboxylic acids is 1. The van der Waals surface area contributed by atoms with Crippen LogP contribution in [0.5, 0.6) is 0 Å². The zero-order valence-corrected chi connectivity index (χ0v) is 10.5. The summed E-state index contributed by atoms with van der Waals surface area (Å²) in [7, 11) is 0. The van der Waals surface area contributed by atoms with Crippen molar-refractivity contribution in [3.63, 3.8) is 0 Å². The summed E-state index contributed by atoms with van der Waals surface area (Å²) < 4.78 is 0. The van der Waals surface area contributed by atoms with Gasteiger partial charge in [0.15, 0.2) is 0 Å². The van der Waals surface area contributed by atoms with Crippen molar-refractivity contribution in [3.8, 4) is 6.07 Å². The van der Waals surface area contributed by atoms with Gasteiger partial charge in [0.05, 0.1) is 6.07 Å². The standard InChI is InChI=1S/C13H22N2O/c1-9(2)11-6-4-5-7-12(11)15-13(16)10(3)8-14/h9-12H,4-7H2,1-3H3,(H,15,16). The first kappa shape index (κ1) is 13.0. The molecule has 0 spiro atoms. The molecule has 1 rings (SSSR count). The summed E-state index contributed by atoms with van der Waals surface area (Å²) in [4.78, 5) is 11.7. The van der Waals surface area contributed by atoms with Crippen LogP contribution in [-0.4, -0.2) is 11.9 Å². The maximum atomic E-state index is 11.7. The van der Waals surface area contributed by atoms with Crippen LogP contribution in [0.15, 0.2) is 0 Å². The smallest absolute Gasteiger partial charge is 0.237 e. The maximum Gasteiger partial charge on any atom is 0.237 e. The van der Waals surface area contributed by atoms with E-state index < -0.39 is 5.92 Å². The van der Waals surface area contributed by atoms with Crippen molar-refractivity contribution in [3.05, 3.63) is 0 Å². The van der Waals surface area contributed by atoms with Gasteiger partial charge in [0.1, 0.15) is 5.92 Å². The third kappa shape index (κ3) is 3.23. The average Bonchev–Trinajstić information content (AvgIpc) is 2.28. The highest BCUT2D eigenvalue weighted by atomic mass is 16.1. The van der Waals surface area contributed by atoms with Gasteiger partial charge in [-0.2, -0.15) is 5.26 Å². The van der Waals surface area contributed by atoms with E-state index >= 15 is 0 Å². The zero-order valence-electron chi connectivity index (χ0n) is 10.5. The SMILES string of the molecule is CC(C#N)C(=O)NC1CCCCC1C(C)C. The van der Waals surface area contributed by atoms with Gasteiger partial charge in [-0.15, -0.1) is 0 Å². The number of nitrogens with one attached hydrogen (secondary N) is 1. The van der Waals surface area contributed by atoms with E-state index in [1.165, 1.54) is 19.3 Å². The highest BCUT2D eigenvalue weighted by molar-refractivity contribution is 5.80. The molecule has 1 N–H and O–H groups in total. The lowest BCUT2D eigenvalue weighted by atomic mass is 9.77. The van der Waals surface area contributed by atoms with Gasteiger partial charge in [-0.25, -0.2) is 0 Å². The molecule has 3 heteroatoms. The Morgan fingerprint density at radius 2 is 1.94 bits per heavy atom. The normalized spacial score (nSPS) is 27.2. The maximum absolute atomic E-state index is 11.7. The molecule has 3 atom stereocenters. The predicted octanol–water partition coefficient (Wildman–Crippen LogP) is 2.48. The summed E-state index contributed by atoms with van der Waals surface area (Å²) in [5.74, 6) is 0.529. The number of amides is 1. The minimum atomic E-state index is -0.533. The number of carbonyl (C=O) groups is 1. The second-order valence-corrected chi connectivity index (χ2v) is 5.16. The van der Waals surface area contributed by atoms with Crippen LogP contribution in [0.4, 0.5) is 0 Å². The van der Waals surface area contributed by atoms with Crippen molar-refractivity contribution >= 4 is 5.91 Å². The Hall–Kier alpha value is -1.04. The summed E-state index contributed by atoms with van der Waals surface area (Å²) in [6.45, 7) is 6.08. The first-order valence-electron chi connectivity index (χ1n) is 6.26. The van der Waals surface area contributed by atoms with Crippen LogP contribution in [0.2, 0.25) is 0 Å². The molecular weight excluding hydrogens is 200 g/mol. The van der Waals surface area contributed by atoms with Gasteiger partial charge in [0.2, 0.25) is 5.91 Å². The summed E-state index contributed by atoms with van der Waals surface area (Å²) in [6, 6.07) is 2.26. The number of nitriles is 1. The lowest BCUT2D eigenvalue weighted by molar-refractivity contribution is -0.124. The van der Waals surface area contributed by atoms with Crippen molar-refractivity contribution in [2.45, 2.75) is 52.5 Å². The van der Waals surface area contributed by atoms with Crippen LogP contribution in [-0.2, 0) is 4.79 Å². The molecule has 0 aromatic heterocycles. The summed E-state index contributed by atoms with van der Waals surface area (Å²) >= 11 is 0. The molecule has 0 heterocycles. The molecule has 1 aliphatic rings. The fourth-order valence-electron chi connectivity index (χ4n) is 2.50. The van der Waals surface area contributed by atoms with Crippen molar-refractivity contribution in [2.75, 3.05) is 0 Å². The lowest BCUT2D eigenvalue weighted by Crippen LogP contribution is -2.45. The van der Waals surface area contributed by atoms with Crippen LogP contribution >= 0.6 is 0 Å². The van der Waals surface area contributed by atoms with Gasteiger partial charge in [-0.05, 0) is 31.6 Å². The molecule has 3 nitrogen and oxygen atoms in total. The molecule has 3 unspecified atom stereocenters. The van der Waals surface area contributed by atoms with E-state index in [0.29, 0.717) is 11.8 Å². The molecule has 0 bridgehead atoms. The molecule has 1 amide bonds. The van der Waals surface area contributed by atoms with Gasteiger partial charge in [-0.1, -0.05) is 26.7 Å². The second-order valence-electron chi connectivity index (χ2n) is 5.16. The van der Waals surface area contributed by atoms with Crippen molar-refractivity contribution in [2.24, 2.45) is 17.8 Å². The predicted molar refractivity (Wildman–Crippen MR) is 63.5 cm³/mol. The molecule has 0 aliphatic heterocycles. The fourth-order valence-corrected chi connectivity index (χ4v) is 2.50. The van der Waals surface area contributed by atoms with Crippen LogP contribution in [0.25, 0.3) is 0 Å². The Labute approximate surface area is 98.2 Å². The van der Waals surface area contributed by atoms with E-state index in [-0.39, 0.29) is 11.9 Å². The van der Waals surface area contributed by atoms with Gasteiger partial charge >= 0.3 is 0 Å². The molecule has 0 saturated heterocycles. The van der Waals surface area contributed by atoms with E-state index in [2.05, 4.69) is 19.2 Å². The molecule has 1 aliphatic carbocycles. The first-order chi connectivity index (χ1) is 7.56. The Morgan fingerprint density at radius 1 is 1.31 bits per heavy atom. The minimum Gasteiger partial charge on any atom is -0.352 e. The van der Waals surface area contributed by atoms with Crippen molar-refractivity contribution in [1.29, 1.82) is 5.26 Å². The lowest BCUT2D eigenvalue weighted by Gasteiger charge is -2.35. The highest BCUT2D eigenvalue weighted by Crippen LogP contribution is 2.30. The topological polar surface area (TPSA) is 52.9 Å². The molecule has 1 saturated carbocycles. The number of nitrogens with zero attached hydrogens (tertiary/aromatic N) is 1. The molecular formula is C13H22N2O. The van der Waals surface area contributed by atoms with Crippen LogP contribution in [0.1, 0.15) is 46.5 Å². The van der Waals surface area contributed by atoms with E-state index in [4.69, 9.17) is 5.26 Å². The van der Waals surface area contributed by atoms with Gasteiger partial charge in [0.25, 0.3) is 0 Å². The number of rotatable bonds is 3. The van der Waals surface area contributed by atoms with E-state index in [9.17, 15) is 4.79 Å². The van der Waals surface area contributed by atoms with Gasteiger partial charge < -0.3 is 5.32 Å². The van der Waals surface area contributed by atoms with Crippen LogP contribution in [0, 0.1) is 29.1 Å². The average molecular weight is 222 g/mol. The van der Waals surface area contributed by atoms with Gasteiger partial charge in [-0.3, -0.25) is 4.79 Å². The Bertz CT molecular complexity index is 280. The molecule has 16 heavy (non-hydrogen) atoms. The minimum absolute atomic E-state index is 0.111. The Kier molecular flexibility index (Phi) is 4.79. The highest BCUT2D eigenvalue weighted by Gasteiger charge is 2.29. The van der Waals surface area contributed by atoms with E-state index in [1.807, 2.05) is 6.07 Å². The molecule has 0 radical (unpaired) electrons. The molecule has 1 fully saturated rings. The summed E-state index contributed by atoms with van der Waals surface area (Å²) in [5, 5.41) is 11.7.